The quantitative estimate of drug-likeness (QED) is 0.371. The molecular weight excluding hydrogens is 264 g/mol. The first-order chi connectivity index (χ1) is 10.2. The van der Waals surface area contributed by atoms with Crippen molar-refractivity contribution in [1.82, 2.24) is 0 Å². The van der Waals surface area contributed by atoms with Crippen molar-refractivity contribution in [3.63, 3.8) is 0 Å². The van der Waals surface area contributed by atoms with Gasteiger partial charge in [-0.15, -0.1) is 0 Å². The summed E-state index contributed by atoms with van der Waals surface area (Å²) in [6.45, 7) is 5.30. The number of allylic oxidation sites excluding steroid dienone is 2. The molecule has 1 aromatic carbocycles. The van der Waals surface area contributed by atoms with Crippen LogP contribution in [0.1, 0.15) is 32.3 Å². The number of hydrogen-bond donors (Lipinski definition) is 0. The number of ether oxygens (including phenoxy) is 2. The van der Waals surface area contributed by atoms with E-state index in [-0.39, 0.29) is 11.8 Å². The van der Waals surface area contributed by atoms with Crippen LogP contribution < -0.4 is 4.74 Å². The number of rotatable bonds is 10. The van der Waals surface area contributed by atoms with Crippen molar-refractivity contribution in [2.45, 2.75) is 33.3 Å². The van der Waals surface area contributed by atoms with E-state index in [9.17, 15) is 4.79 Å². The third-order valence-corrected chi connectivity index (χ3v) is 3.53. The van der Waals surface area contributed by atoms with Crippen LogP contribution in [0.2, 0.25) is 0 Å². The maximum atomic E-state index is 10.9. The highest BCUT2D eigenvalue weighted by molar-refractivity contribution is 5.53. The molecule has 0 aliphatic carbocycles. The van der Waals surface area contributed by atoms with Gasteiger partial charge in [-0.3, -0.25) is 0 Å². The lowest BCUT2D eigenvalue weighted by atomic mass is 9.92. The van der Waals surface area contributed by atoms with E-state index in [2.05, 4.69) is 19.1 Å². The highest BCUT2D eigenvalue weighted by Crippen LogP contribution is 2.17. The Morgan fingerprint density at radius 3 is 2.52 bits per heavy atom. The van der Waals surface area contributed by atoms with E-state index in [4.69, 9.17) is 9.47 Å². The summed E-state index contributed by atoms with van der Waals surface area (Å²) in [7, 11) is 1.66. The van der Waals surface area contributed by atoms with Crippen molar-refractivity contribution in [2.75, 3.05) is 13.7 Å². The largest absolute Gasteiger partial charge is 0.497 e. The molecule has 0 amide bonds. The normalized spacial score (nSPS) is 14.0. The van der Waals surface area contributed by atoms with Crippen LogP contribution in [-0.2, 0) is 16.1 Å². The molecule has 0 bridgehead atoms. The van der Waals surface area contributed by atoms with E-state index in [1.165, 1.54) is 0 Å². The number of carbonyl (C=O) groups is 1. The van der Waals surface area contributed by atoms with Crippen molar-refractivity contribution < 1.29 is 14.3 Å². The first-order valence-electron chi connectivity index (χ1n) is 7.53. The van der Waals surface area contributed by atoms with Crippen molar-refractivity contribution in [1.29, 1.82) is 0 Å². The van der Waals surface area contributed by atoms with Crippen LogP contribution in [0.25, 0.3) is 0 Å². The van der Waals surface area contributed by atoms with Gasteiger partial charge in [0.05, 0.1) is 13.7 Å². The van der Waals surface area contributed by atoms with Gasteiger partial charge in [-0.05, 0) is 36.5 Å². The summed E-state index contributed by atoms with van der Waals surface area (Å²) < 4.78 is 10.8. The molecule has 0 saturated heterocycles. The summed E-state index contributed by atoms with van der Waals surface area (Å²) in [5.74, 6) is 1.15. The summed E-state index contributed by atoms with van der Waals surface area (Å²) in [6.07, 6.45) is 7.14. The lowest BCUT2D eigenvalue weighted by Gasteiger charge is -2.16. The van der Waals surface area contributed by atoms with Crippen molar-refractivity contribution in [2.24, 2.45) is 11.8 Å². The van der Waals surface area contributed by atoms with Gasteiger partial charge < -0.3 is 14.3 Å². The topological polar surface area (TPSA) is 35.5 Å². The average Bonchev–Trinajstić information content (AvgIpc) is 2.54. The maximum Gasteiger partial charge on any atom is 0.123 e. The highest BCUT2D eigenvalue weighted by atomic mass is 16.5. The van der Waals surface area contributed by atoms with E-state index >= 15 is 0 Å². The minimum atomic E-state index is 0.0392. The molecule has 0 heterocycles. The van der Waals surface area contributed by atoms with Gasteiger partial charge in [0.25, 0.3) is 0 Å². The second-order valence-electron chi connectivity index (χ2n) is 5.18. The van der Waals surface area contributed by atoms with Gasteiger partial charge >= 0.3 is 0 Å². The molecule has 0 N–H and O–H groups in total. The lowest BCUT2D eigenvalue weighted by molar-refractivity contribution is -0.111. The number of carbonyl (C=O) groups excluding carboxylic acids is 1. The molecule has 1 aromatic rings. The van der Waals surface area contributed by atoms with Gasteiger partial charge in [0.15, 0.2) is 0 Å². The Morgan fingerprint density at radius 1 is 1.24 bits per heavy atom. The predicted molar refractivity (Wildman–Crippen MR) is 85.4 cm³/mol. The zero-order chi connectivity index (χ0) is 15.5. The molecule has 0 saturated carbocycles. The summed E-state index contributed by atoms with van der Waals surface area (Å²) in [6, 6.07) is 7.86. The molecule has 0 radical (unpaired) electrons. The molecule has 116 valence electrons. The first kappa shape index (κ1) is 17.4. The Bertz CT molecular complexity index is 423. The Morgan fingerprint density at radius 2 is 1.95 bits per heavy atom. The van der Waals surface area contributed by atoms with E-state index in [1.807, 2.05) is 31.2 Å². The van der Waals surface area contributed by atoms with E-state index < -0.39 is 0 Å². The van der Waals surface area contributed by atoms with Crippen molar-refractivity contribution >= 4 is 6.29 Å². The number of benzene rings is 1. The van der Waals surface area contributed by atoms with Crippen molar-refractivity contribution in [3.8, 4) is 5.75 Å². The molecule has 3 nitrogen and oxygen atoms in total. The first-order valence-corrected chi connectivity index (χ1v) is 7.53. The monoisotopic (exact) mass is 290 g/mol. The van der Waals surface area contributed by atoms with Gasteiger partial charge in [-0.25, -0.2) is 0 Å². The van der Waals surface area contributed by atoms with E-state index in [1.54, 1.807) is 7.11 Å². The van der Waals surface area contributed by atoms with Crippen LogP contribution in [0.4, 0.5) is 0 Å². The van der Waals surface area contributed by atoms with E-state index in [0.717, 1.165) is 30.4 Å². The zero-order valence-electron chi connectivity index (χ0n) is 13.2. The van der Waals surface area contributed by atoms with Crippen LogP contribution in [0.5, 0.6) is 5.75 Å². The Balaban J connectivity index is 2.35. The lowest BCUT2D eigenvalue weighted by Crippen LogP contribution is -2.13. The molecule has 2 atom stereocenters. The van der Waals surface area contributed by atoms with Crippen LogP contribution in [-0.4, -0.2) is 20.0 Å². The summed E-state index contributed by atoms with van der Waals surface area (Å²) in [5.41, 5.74) is 1.12. The van der Waals surface area contributed by atoms with Crippen LogP contribution >= 0.6 is 0 Å². The number of methoxy groups -OCH3 is 1. The van der Waals surface area contributed by atoms with E-state index in [0.29, 0.717) is 13.2 Å². The Labute approximate surface area is 128 Å². The number of aldehydes is 1. The van der Waals surface area contributed by atoms with Gasteiger partial charge in [0.1, 0.15) is 12.0 Å². The standard InChI is InChI=1S/C18H26O3/c1-4-5-6-17(15(2)13-19)11-12-21-14-16-7-9-18(20-3)10-8-16/h5-10,13,15,17H,4,11-12,14H2,1-3H3/b6-5+/t15-,17+/m0/s1. The molecule has 0 unspecified atom stereocenters. The molecule has 0 aliphatic rings. The second kappa shape index (κ2) is 10.2. The zero-order valence-corrected chi connectivity index (χ0v) is 13.2. The molecule has 21 heavy (non-hydrogen) atoms. The minimum Gasteiger partial charge on any atom is -0.497 e. The SMILES string of the molecule is CC/C=C/[C@H](CCOCc1ccc(OC)cc1)[C@@H](C)C=O. The fraction of sp³-hybridized carbons (Fsp3) is 0.500. The van der Waals surface area contributed by atoms with Gasteiger partial charge in [-0.1, -0.05) is 38.1 Å². The van der Waals surface area contributed by atoms with Crippen molar-refractivity contribution in [3.05, 3.63) is 42.0 Å². The molecule has 3 heteroatoms. The van der Waals surface area contributed by atoms with Gasteiger partial charge in [-0.2, -0.15) is 0 Å². The Hall–Kier alpha value is -1.61. The molecular formula is C18H26O3. The highest BCUT2D eigenvalue weighted by Gasteiger charge is 2.13. The molecule has 0 fully saturated rings. The third kappa shape index (κ3) is 6.58. The second-order valence-corrected chi connectivity index (χ2v) is 5.18. The van der Waals surface area contributed by atoms with Crippen LogP contribution in [0, 0.1) is 11.8 Å². The van der Waals surface area contributed by atoms with Gasteiger partial charge in [0, 0.05) is 12.5 Å². The average molecular weight is 290 g/mol. The Kier molecular flexibility index (Phi) is 8.44. The maximum absolute atomic E-state index is 10.9. The molecule has 0 aromatic heterocycles. The number of hydrogen-bond acceptors (Lipinski definition) is 3. The summed E-state index contributed by atoms with van der Waals surface area (Å²) in [4.78, 5) is 10.9. The van der Waals surface area contributed by atoms with Crippen LogP contribution in [0.15, 0.2) is 36.4 Å². The van der Waals surface area contributed by atoms with Crippen LogP contribution in [0.3, 0.4) is 0 Å². The summed E-state index contributed by atoms with van der Waals surface area (Å²) >= 11 is 0. The smallest absolute Gasteiger partial charge is 0.123 e. The molecule has 0 spiro atoms. The predicted octanol–water partition coefficient (Wildman–Crippen LogP) is 4.02. The minimum absolute atomic E-state index is 0.0392. The fourth-order valence-electron chi connectivity index (χ4n) is 2.08. The fourth-order valence-corrected chi connectivity index (χ4v) is 2.08. The molecule has 1 rings (SSSR count). The third-order valence-electron chi connectivity index (χ3n) is 3.53. The molecule has 0 aliphatic heterocycles. The summed E-state index contributed by atoms with van der Waals surface area (Å²) in [5, 5.41) is 0. The van der Waals surface area contributed by atoms with Gasteiger partial charge in [0.2, 0.25) is 0 Å².